The summed E-state index contributed by atoms with van der Waals surface area (Å²) in [7, 11) is 3.19. The molecule has 6 nitrogen and oxygen atoms in total. The van der Waals surface area contributed by atoms with Crippen LogP contribution in [-0.2, 0) is 5.54 Å². The zero-order valence-electron chi connectivity index (χ0n) is 12.4. The predicted octanol–water partition coefficient (Wildman–Crippen LogP) is 2.34. The van der Waals surface area contributed by atoms with Crippen LogP contribution in [0, 0.1) is 5.92 Å². The average molecular weight is 289 g/mol. The molecule has 1 atom stereocenters. The van der Waals surface area contributed by atoms with E-state index in [0.717, 1.165) is 18.4 Å². The first-order chi connectivity index (χ1) is 10.1. The van der Waals surface area contributed by atoms with Crippen molar-refractivity contribution in [2.45, 2.75) is 25.3 Å². The lowest BCUT2D eigenvalue weighted by molar-refractivity contribution is 0.273. The summed E-state index contributed by atoms with van der Waals surface area (Å²) < 4.78 is 15.9. The summed E-state index contributed by atoms with van der Waals surface area (Å²) in [6, 6.07) is 5.49. The van der Waals surface area contributed by atoms with Crippen LogP contribution in [0.1, 0.15) is 25.7 Å². The van der Waals surface area contributed by atoms with Crippen molar-refractivity contribution in [2.75, 3.05) is 14.2 Å². The molecule has 1 saturated carbocycles. The van der Waals surface area contributed by atoms with Gasteiger partial charge >= 0.3 is 0 Å². The molecule has 0 amide bonds. The van der Waals surface area contributed by atoms with E-state index in [1.807, 2.05) is 25.1 Å². The molecule has 0 bridgehead atoms. The summed E-state index contributed by atoms with van der Waals surface area (Å²) in [5, 5.41) is 4.03. The lowest BCUT2D eigenvalue weighted by Crippen LogP contribution is -2.35. The second kappa shape index (κ2) is 5.04. The van der Waals surface area contributed by atoms with Crippen molar-refractivity contribution in [3.8, 4) is 22.9 Å². The van der Waals surface area contributed by atoms with Crippen LogP contribution in [0.3, 0.4) is 0 Å². The lowest BCUT2D eigenvalue weighted by Gasteiger charge is -2.18. The van der Waals surface area contributed by atoms with E-state index in [-0.39, 0.29) is 0 Å². The van der Waals surface area contributed by atoms with Crippen molar-refractivity contribution < 1.29 is 14.0 Å². The summed E-state index contributed by atoms with van der Waals surface area (Å²) in [6.07, 6.45) is 2.22. The molecule has 6 heteroatoms. The Kier molecular flexibility index (Phi) is 3.33. The number of rotatable bonds is 5. The molecule has 3 rings (SSSR count). The SMILES string of the molecule is COc1ccc(-c2noc(C(C)(N)C3CC3)n2)cc1OC. The van der Waals surface area contributed by atoms with Crippen LogP contribution in [0.5, 0.6) is 11.5 Å². The molecule has 0 spiro atoms. The molecule has 1 aliphatic rings. The fourth-order valence-corrected chi connectivity index (χ4v) is 2.39. The minimum absolute atomic E-state index is 0.427. The second-order valence-electron chi connectivity index (χ2n) is 5.55. The van der Waals surface area contributed by atoms with Gasteiger partial charge in [-0.15, -0.1) is 0 Å². The van der Waals surface area contributed by atoms with Gasteiger partial charge in [-0.05, 0) is 43.9 Å². The molecule has 1 aromatic heterocycles. The van der Waals surface area contributed by atoms with Gasteiger partial charge in [-0.1, -0.05) is 5.16 Å². The van der Waals surface area contributed by atoms with Crippen molar-refractivity contribution in [3.63, 3.8) is 0 Å². The number of methoxy groups -OCH3 is 2. The molecule has 0 saturated heterocycles. The molecule has 1 aromatic carbocycles. The Labute approximate surface area is 123 Å². The van der Waals surface area contributed by atoms with Crippen molar-refractivity contribution >= 4 is 0 Å². The molecule has 0 aliphatic heterocycles. The summed E-state index contributed by atoms with van der Waals surface area (Å²) in [4.78, 5) is 4.45. The molecule has 2 N–H and O–H groups in total. The number of hydrogen-bond acceptors (Lipinski definition) is 6. The van der Waals surface area contributed by atoms with Gasteiger partial charge in [0.25, 0.3) is 0 Å². The molecule has 1 heterocycles. The van der Waals surface area contributed by atoms with E-state index in [9.17, 15) is 0 Å². The van der Waals surface area contributed by atoms with Gasteiger partial charge < -0.3 is 19.7 Å². The maximum Gasteiger partial charge on any atom is 0.247 e. The largest absolute Gasteiger partial charge is 0.493 e. The quantitative estimate of drug-likeness (QED) is 0.909. The van der Waals surface area contributed by atoms with Crippen LogP contribution in [0.15, 0.2) is 22.7 Å². The Morgan fingerprint density at radius 1 is 1.24 bits per heavy atom. The standard InChI is InChI=1S/C15H19N3O3/c1-15(16,10-5-6-10)14-17-13(18-21-14)9-4-7-11(19-2)12(8-9)20-3/h4,7-8,10H,5-6,16H2,1-3H3. The van der Waals surface area contributed by atoms with Gasteiger partial charge in [-0.3, -0.25) is 0 Å². The first-order valence-corrected chi connectivity index (χ1v) is 6.91. The monoisotopic (exact) mass is 289 g/mol. The minimum atomic E-state index is -0.554. The van der Waals surface area contributed by atoms with Gasteiger partial charge in [0.15, 0.2) is 11.5 Å². The Balaban J connectivity index is 1.92. The highest BCUT2D eigenvalue weighted by molar-refractivity contribution is 5.60. The van der Waals surface area contributed by atoms with E-state index in [1.165, 1.54) is 0 Å². The zero-order chi connectivity index (χ0) is 15.0. The highest BCUT2D eigenvalue weighted by Gasteiger charge is 2.43. The Bertz CT molecular complexity index is 647. The molecule has 112 valence electrons. The van der Waals surface area contributed by atoms with Crippen LogP contribution in [0.4, 0.5) is 0 Å². The minimum Gasteiger partial charge on any atom is -0.493 e. The normalized spacial score (nSPS) is 17.3. The fraction of sp³-hybridized carbons (Fsp3) is 0.467. The van der Waals surface area contributed by atoms with Crippen LogP contribution >= 0.6 is 0 Å². The van der Waals surface area contributed by atoms with E-state index in [4.69, 9.17) is 19.7 Å². The van der Waals surface area contributed by atoms with Crippen molar-refractivity contribution in [1.82, 2.24) is 10.1 Å². The topological polar surface area (TPSA) is 83.4 Å². The van der Waals surface area contributed by atoms with Gasteiger partial charge in [0.2, 0.25) is 11.7 Å². The third-order valence-corrected chi connectivity index (χ3v) is 3.95. The Morgan fingerprint density at radius 2 is 1.95 bits per heavy atom. The van der Waals surface area contributed by atoms with E-state index >= 15 is 0 Å². The van der Waals surface area contributed by atoms with Crippen molar-refractivity contribution in [2.24, 2.45) is 11.7 Å². The Morgan fingerprint density at radius 3 is 2.57 bits per heavy atom. The number of hydrogen-bond donors (Lipinski definition) is 1. The highest BCUT2D eigenvalue weighted by Crippen LogP contribution is 2.43. The van der Waals surface area contributed by atoms with Crippen LogP contribution in [0.25, 0.3) is 11.4 Å². The van der Waals surface area contributed by atoms with Gasteiger partial charge in [0.05, 0.1) is 19.8 Å². The van der Waals surface area contributed by atoms with Gasteiger partial charge in [0, 0.05) is 5.56 Å². The first kappa shape index (κ1) is 13.9. The molecular formula is C15H19N3O3. The molecule has 2 aromatic rings. The Hall–Kier alpha value is -2.08. The van der Waals surface area contributed by atoms with Gasteiger partial charge in [0.1, 0.15) is 0 Å². The van der Waals surface area contributed by atoms with E-state index in [0.29, 0.717) is 29.1 Å². The summed E-state index contributed by atoms with van der Waals surface area (Å²) in [5.41, 5.74) is 6.54. The van der Waals surface area contributed by atoms with E-state index in [1.54, 1.807) is 14.2 Å². The third kappa shape index (κ3) is 2.47. The maximum absolute atomic E-state index is 6.30. The molecular weight excluding hydrogens is 270 g/mol. The van der Waals surface area contributed by atoms with Gasteiger partial charge in [-0.25, -0.2) is 0 Å². The number of ether oxygens (including phenoxy) is 2. The number of benzene rings is 1. The van der Waals surface area contributed by atoms with Gasteiger partial charge in [-0.2, -0.15) is 4.98 Å². The molecule has 1 fully saturated rings. The maximum atomic E-state index is 6.30. The number of nitrogens with two attached hydrogens (primary N) is 1. The average Bonchev–Trinajstić information content (AvgIpc) is 3.24. The predicted molar refractivity (Wildman–Crippen MR) is 77.1 cm³/mol. The number of aromatic nitrogens is 2. The van der Waals surface area contributed by atoms with Crippen molar-refractivity contribution in [3.05, 3.63) is 24.1 Å². The lowest BCUT2D eigenvalue weighted by atomic mass is 9.97. The smallest absolute Gasteiger partial charge is 0.247 e. The molecule has 21 heavy (non-hydrogen) atoms. The summed E-state index contributed by atoms with van der Waals surface area (Å²) >= 11 is 0. The fourth-order valence-electron chi connectivity index (χ4n) is 2.39. The van der Waals surface area contributed by atoms with Crippen LogP contribution in [0.2, 0.25) is 0 Å². The van der Waals surface area contributed by atoms with Crippen molar-refractivity contribution in [1.29, 1.82) is 0 Å². The zero-order valence-corrected chi connectivity index (χ0v) is 12.4. The van der Waals surface area contributed by atoms with Crippen LogP contribution in [-0.4, -0.2) is 24.4 Å². The highest BCUT2D eigenvalue weighted by atomic mass is 16.5. The second-order valence-corrected chi connectivity index (χ2v) is 5.55. The van der Waals surface area contributed by atoms with E-state index < -0.39 is 5.54 Å². The number of nitrogens with zero attached hydrogens (tertiary/aromatic N) is 2. The summed E-state index contributed by atoms with van der Waals surface area (Å²) in [6.45, 7) is 1.94. The summed E-state index contributed by atoms with van der Waals surface area (Å²) in [5.74, 6) is 2.69. The molecule has 1 aliphatic carbocycles. The van der Waals surface area contributed by atoms with E-state index in [2.05, 4.69) is 10.1 Å². The molecule has 0 radical (unpaired) electrons. The molecule has 1 unspecified atom stereocenters. The third-order valence-electron chi connectivity index (χ3n) is 3.95. The van der Waals surface area contributed by atoms with Crippen LogP contribution < -0.4 is 15.2 Å². The first-order valence-electron chi connectivity index (χ1n) is 6.91.